The fraction of sp³-hybridized carbons (Fsp3) is 1.00. The fourth-order valence-electron chi connectivity index (χ4n) is 6.64. The molecule has 0 amide bonds. The van der Waals surface area contributed by atoms with E-state index in [1.165, 1.54) is 117 Å². The number of piperazine rings is 1. The molecule has 31 heavy (non-hydrogen) atoms. The van der Waals surface area contributed by atoms with Gasteiger partial charge < -0.3 is 19.4 Å². The van der Waals surface area contributed by atoms with E-state index in [1.54, 1.807) is 0 Å². The summed E-state index contributed by atoms with van der Waals surface area (Å²) in [7, 11) is 2.23. The lowest BCUT2D eigenvalue weighted by atomic mass is 9.86. The Labute approximate surface area is 192 Å². The molecule has 0 radical (unpaired) electrons. The second-order valence-corrected chi connectivity index (χ2v) is 11.3. The summed E-state index contributed by atoms with van der Waals surface area (Å²) in [6, 6.07) is 0.717. The number of hydrogen-bond acceptors (Lipinski definition) is 5. The van der Waals surface area contributed by atoms with Gasteiger partial charge in [0.2, 0.25) is 0 Å². The topological polar surface area (TPSA) is 22.2 Å². The van der Waals surface area contributed by atoms with Crippen LogP contribution in [0.5, 0.6) is 0 Å². The van der Waals surface area contributed by atoms with Gasteiger partial charge in [-0.3, -0.25) is 4.90 Å². The van der Waals surface area contributed by atoms with Gasteiger partial charge in [0, 0.05) is 58.4 Å². The Bertz CT molecular complexity index is 516. The van der Waals surface area contributed by atoms with Crippen LogP contribution in [0, 0.1) is 11.8 Å². The van der Waals surface area contributed by atoms with E-state index in [0.717, 1.165) is 17.9 Å². The van der Waals surface area contributed by atoms with Gasteiger partial charge in [0.1, 0.15) is 0 Å². The number of piperidine rings is 2. The van der Waals surface area contributed by atoms with E-state index >= 15 is 0 Å². The van der Waals surface area contributed by atoms with E-state index in [1.807, 2.05) is 0 Å². The molecule has 1 aliphatic carbocycles. The Morgan fingerprint density at radius 2 is 1.45 bits per heavy atom. The molecule has 180 valence electrons. The summed E-state index contributed by atoms with van der Waals surface area (Å²) >= 11 is 0. The van der Waals surface area contributed by atoms with Crippen LogP contribution in [0.1, 0.15) is 65.2 Å². The molecule has 0 aromatic carbocycles. The molecule has 3 saturated heterocycles. The first-order valence-corrected chi connectivity index (χ1v) is 13.6. The summed E-state index contributed by atoms with van der Waals surface area (Å²) in [4.78, 5) is 10.7. The smallest absolute Gasteiger partial charge is 0.0603 e. The van der Waals surface area contributed by atoms with Gasteiger partial charge in [-0.25, -0.2) is 0 Å². The van der Waals surface area contributed by atoms with Gasteiger partial charge in [0.15, 0.2) is 0 Å². The summed E-state index contributed by atoms with van der Waals surface area (Å²) in [5.41, 5.74) is 0. The zero-order valence-corrected chi connectivity index (χ0v) is 20.8. The van der Waals surface area contributed by atoms with Crippen LogP contribution in [0.4, 0.5) is 0 Å². The van der Waals surface area contributed by atoms with Crippen molar-refractivity contribution in [3.8, 4) is 0 Å². The van der Waals surface area contributed by atoms with E-state index in [2.05, 4.69) is 40.5 Å². The van der Waals surface area contributed by atoms with Crippen LogP contribution < -0.4 is 0 Å². The summed E-state index contributed by atoms with van der Waals surface area (Å²) in [5, 5.41) is 0. The van der Waals surface area contributed by atoms with Crippen LogP contribution >= 0.6 is 0 Å². The van der Waals surface area contributed by atoms with Crippen molar-refractivity contribution in [2.75, 3.05) is 72.5 Å². The number of hydrogen-bond donors (Lipinski definition) is 0. The third-order valence-corrected chi connectivity index (χ3v) is 8.75. The van der Waals surface area contributed by atoms with Crippen molar-refractivity contribution in [1.82, 2.24) is 19.6 Å². The van der Waals surface area contributed by atoms with E-state index in [0.29, 0.717) is 12.2 Å². The molecule has 3 heterocycles. The Kier molecular flexibility index (Phi) is 9.10. The number of likely N-dealkylation sites (tertiary alicyclic amines) is 2. The number of ether oxygens (including phenoxy) is 1. The van der Waals surface area contributed by atoms with Gasteiger partial charge in [-0.05, 0) is 90.3 Å². The van der Waals surface area contributed by atoms with Gasteiger partial charge in [-0.1, -0.05) is 6.92 Å². The molecule has 2 atom stereocenters. The average molecular weight is 435 g/mol. The Morgan fingerprint density at radius 1 is 0.710 bits per heavy atom. The van der Waals surface area contributed by atoms with Crippen molar-refractivity contribution in [3.63, 3.8) is 0 Å². The van der Waals surface area contributed by atoms with Gasteiger partial charge in [-0.15, -0.1) is 0 Å². The van der Waals surface area contributed by atoms with Gasteiger partial charge in [0.05, 0.1) is 12.2 Å². The zero-order chi connectivity index (χ0) is 21.6. The van der Waals surface area contributed by atoms with Crippen LogP contribution in [0.15, 0.2) is 0 Å². The van der Waals surface area contributed by atoms with Crippen molar-refractivity contribution < 1.29 is 4.74 Å². The monoisotopic (exact) mass is 434 g/mol. The Hall–Kier alpha value is -0.200. The molecule has 0 aromatic heterocycles. The highest BCUT2D eigenvalue weighted by molar-refractivity contribution is 4.85. The summed E-state index contributed by atoms with van der Waals surface area (Å²) in [6.45, 7) is 17.6. The SMILES string of the molecule is CCN1CCCC(CN2CCN(CC3CCC(OC4CCN(C)CC4)CC3)CC2C)C1. The standard InChI is InChI=1S/C26H50N4O/c1-4-28-13-5-6-24(20-28)21-30-17-16-29(18-22(30)2)19-23-7-9-25(10-8-23)31-26-11-14-27(3)15-12-26/h22-26H,4-21H2,1-3H3. The maximum absolute atomic E-state index is 6.49. The molecule has 5 nitrogen and oxygen atoms in total. The van der Waals surface area contributed by atoms with Crippen molar-refractivity contribution in [3.05, 3.63) is 0 Å². The number of rotatable bonds is 7. The van der Waals surface area contributed by atoms with E-state index in [9.17, 15) is 0 Å². The predicted octanol–water partition coefficient (Wildman–Crippen LogP) is 3.39. The van der Waals surface area contributed by atoms with Gasteiger partial charge in [0.25, 0.3) is 0 Å². The summed E-state index contributed by atoms with van der Waals surface area (Å²) in [6.07, 6.45) is 11.7. The molecule has 4 fully saturated rings. The third-order valence-electron chi connectivity index (χ3n) is 8.75. The second kappa shape index (κ2) is 11.8. The molecular formula is C26H50N4O. The third kappa shape index (κ3) is 7.14. The molecular weight excluding hydrogens is 384 g/mol. The van der Waals surface area contributed by atoms with Crippen LogP contribution in [0.3, 0.4) is 0 Å². The maximum atomic E-state index is 6.49. The Balaban J connectivity index is 1.12. The normalized spacial score (nSPS) is 36.1. The van der Waals surface area contributed by atoms with Crippen molar-refractivity contribution in [2.45, 2.75) is 83.5 Å². The van der Waals surface area contributed by atoms with Crippen LogP contribution in [-0.4, -0.2) is 110 Å². The molecule has 2 unspecified atom stereocenters. The lowest BCUT2D eigenvalue weighted by Crippen LogP contribution is -2.55. The lowest BCUT2D eigenvalue weighted by Gasteiger charge is -2.44. The first-order chi connectivity index (χ1) is 15.1. The first-order valence-electron chi connectivity index (χ1n) is 13.6. The van der Waals surface area contributed by atoms with Gasteiger partial charge >= 0.3 is 0 Å². The molecule has 4 aliphatic rings. The highest BCUT2D eigenvalue weighted by Crippen LogP contribution is 2.30. The highest BCUT2D eigenvalue weighted by atomic mass is 16.5. The lowest BCUT2D eigenvalue weighted by molar-refractivity contribution is -0.0609. The summed E-state index contributed by atoms with van der Waals surface area (Å²) < 4.78 is 6.49. The van der Waals surface area contributed by atoms with Crippen molar-refractivity contribution in [2.24, 2.45) is 11.8 Å². The van der Waals surface area contributed by atoms with Gasteiger partial charge in [-0.2, -0.15) is 0 Å². The van der Waals surface area contributed by atoms with E-state index < -0.39 is 0 Å². The molecule has 0 N–H and O–H groups in total. The van der Waals surface area contributed by atoms with Crippen molar-refractivity contribution >= 4 is 0 Å². The predicted molar refractivity (Wildman–Crippen MR) is 130 cm³/mol. The fourth-order valence-corrected chi connectivity index (χ4v) is 6.64. The molecule has 4 rings (SSSR count). The Morgan fingerprint density at radius 3 is 2.16 bits per heavy atom. The molecule has 1 saturated carbocycles. The molecule has 0 aromatic rings. The number of nitrogens with zero attached hydrogens (tertiary/aromatic N) is 4. The van der Waals surface area contributed by atoms with E-state index in [4.69, 9.17) is 4.74 Å². The van der Waals surface area contributed by atoms with Crippen LogP contribution in [-0.2, 0) is 4.74 Å². The highest BCUT2D eigenvalue weighted by Gasteiger charge is 2.31. The van der Waals surface area contributed by atoms with E-state index in [-0.39, 0.29) is 0 Å². The maximum Gasteiger partial charge on any atom is 0.0603 e. The first kappa shape index (κ1) is 23.9. The zero-order valence-electron chi connectivity index (χ0n) is 20.8. The molecule has 5 heteroatoms. The quantitative estimate of drug-likeness (QED) is 0.611. The molecule has 0 spiro atoms. The molecule has 3 aliphatic heterocycles. The minimum atomic E-state index is 0.528. The second-order valence-electron chi connectivity index (χ2n) is 11.3. The minimum Gasteiger partial charge on any atom is -0.375 e. The van der Waals surface area contributed by atoms with Crippen LogP contribution in [0.2, 0.25) is 0 Å². The van der Waals surface area contributed by atoms with Crippen molar-refractivity contribution in [1.29, 1.82) is 0 Å². The summed E-state index contributed by atoms with van der Waals surface area (Å²) in [5.74, 6) is 1.79. The average Bonchev–Trinajstić information content (AvgIpc) is 2.79. The van der Waals surface area contributed by atoms with Crippen LogP contribution in [0.25, 0.3) is 0 Å². The molecule has 0 bridgehead atoms. The minimum absolute atomic E-state index is 0.528. The largest absolute Gasteiger partial charge is 0.375 e.